The van der Waals surface area contributed by atoms with Gasteiger partial charge in [-0.15, -0.1) is 0 Å². The molecule has 0 fully saturated rings. The first-order valence-corrected chi connectivity index (χ1v) is 7.02. The van der Waals surface area contributed by atoms with Crippen LogP contribution in [-0.2, 0) is 0 Å². The van der Waals surface area contributed by atoms with Crippen molar-refractivity contribution >= 4 is 21.8 Å². The molecule has 5 heteroatoms. The molecule has 0 atom stereocenters. The third-order valence-corrected chi connectivity index (χ3v) is 3.44. The number of carbonyl (C=O) groups is 1. The van der Waals surface area contributed by atoms with E-state index >= 15 is 0 Å². The van der Waals surface area contributed by atoms with Gasteiger partial charge in [-0.25, -0.2) is 0 Å². The largest absolute Gasteiger partial charge is 0.507 e. The molecule has 1 aromatic carbocycles. The van der Waals surface area contributed by atoms with Crippen LogP contribution in [0.3, 0.4) is 0 Å². The average Bonchev–Trinajstić information content (AvgIpc) is 2.36. The molecule has 0 saturated carbocycles. The Morgan fingerprint density at radius 3 is 2.74 bits per heavy atom. The fourth-order valence-electron chi connectivity index (χ4n) is 1.75. The number of rotatable bonds is 6. The molecule has 0 heterocycles. The third kappa shape index (κ3) is 5.20. The highest BCUT2D eigenvalue weighted by atomic mass is 79.9. The van der Waals surface area contributed by atoms with Crippen molar-refractivity contribution in [1.82, 2.24) is 5.32 Å². The second-order valence-corrected chi connectivity index (χ2v) is 6.25. The topological polar surface area (TPSA) is 69.6 Å². The van der Waals surface area contributed by atoms with Gasteiger partial charge in [0.1, 0.15) is 5.75 Å². The van der Waals surface area contributed by atoms with Crippen molar-refractivity contribution in [3.8, 4) is 5.75 Å². The summed E-state index contributed by atoms with van der Waals surface area (Å²) in [5, 5.41) is 21.3. The smallest absolute Gasteiger partial charge is 0.255 e. The van der Waals surface area contributed by atoms with E-state index in [4.69, 9.17) is 5.11 Å². The lowest BCUT2D eigenvalue weighted by molar-refractivity contribution is 0.0930. The summed E-state index contributed by atoms with van der Waals surface area (Å²) in [5.41, 5.74) is 0.173. The van der Waals surface area contributed by atoms with Crippen molar-refractivity contribution < 1.29 is 15.0 Å². The molecule has 0 bridgehead atoms. The van der Waals surface area contributed by atoms with Gasteiger partial charge in [-0.3, -0.25) is 4.79 Å². The van der Waals surface area contributed by atoms with Gasteiger partial charge in [0.25, 0.3) is 5.91 Å². The van der Waals surface area contributed by atoms with Crippen LogP contribution in [0.5, 0.6) is 5.75 Å². The van der Waals surface area contributed by atoms with Crippen LogP contribution in [0.1, 0.15) is 37.0 Å². The van der Waals surface area contributed by atoms with Gasteiger partial charge in [0, 0.05) is 17.6 Å². The van der Waals surface area contributed by atoms with Crippen LogP contribution in [0, 0.1) is 5.41 Å². The van der Waals surface area contributed by atoms with E-state index in [0.717, 1.165) is 10.9 Å². The molecule has 1 amide bonds. The summed E-state index contributed by atoms with van der Waals surface area (Å²) in [6.45, 7) is 4.72. The van der Waals surface area contributed by atoms with Crippen LogP contribution in [0.2, 0.25) is 0 Å². The zero-order valence-corrected chi connectivity index (χ0v) is 12.8. The van der Waals surface area contributed by atoms with Crippen molar-refractivity contribution in [1.29, 1.82) is 0 Å². The van der Waals surface area contributed by atoms with Crippen molar-refractivity contribution in [3.05, 3.63) is 28.2 Å². The summed E-state index contributed by atoms with van der Waals surface area (Å²) < 4.78 is 0.745. The Morgan fingerprint density at radius 2 is 2.11 bits per heavy atom. The van der Waals surface area contributed by atoms with Gasteiger partial charge in [-0.1, -0.05) is 29.8 Å². The molecule has 0 aliphatic carbocycles. The molecule has 0 unspecified atom stereocenters. The molecule has 0 aliphatic rings. The number of phenols is 1. The zero-order valence-electron chi connectivity index (χ0n) is 11.2. The highest BCUT2D eigenvalue weighted by molar-refractivity contribution is 9.10. The van der Waals surface area contributed by atoms with E-state index in [-0.39, 0.29) is 29.2 Å². The second-order valence-electron chi connectivity index (χ2n) is 5.34. The molecular formula is C14H20BrNO3. The van der Waals surface area contributed by atoms with Crippen molar-refractivity contribution in [2.75, 3.05) is 13.2 Å². The van der Waals surface area contributed by atoms with Crippen LogP contribution in [0.4, 0.5) is 0 Å². The molecule has 0 spiro atoms. The second kappa shape index (κ2) is 6.91. The summed E-state index contributed by atoms with van der Waals surface area (Å²) >= 11 is 3.27. The van der Waals surface area contributed by atoms with Gasteiger partial charge in [0.2, 0.25) is 0 Å². The molecule has 4 nitrogen and oxygen atoms in total. The van der Waals surface area contributed by atoms with E-state index in [2.05, 4.69) is 21.2 Å². The number of hydrogen-bond donors (Lipinski definition) is 3. The molecule has 106 valence electrons. The van der Waals surface area contributed by atoms with E-state index < -0.39 is 0 Å². The number of aliphatic hydroxyl groups excluding tert-OH is 1. The molecular weight excluding hydrogens is 310 g/mol. The first-order chi connectivity index (χ1) is 8.85. The quantitative estimate of drug-likeness (QED) is 0.751. The molecule has 0 radical (unpaired) electrons. The van der Waals surface area contributed by atoms with E-state index in [0.29, 0.717) is 13.0 Å². The number of carbonyl (C=O) groups excluding carboxylic acids is 1. The maximum atomic E-state index is 12.0. The lowest BCUT2D eigenvalue weighted by atomic mass is 9.88. The van der Waals surface area contributed by atoms with Crippen molar-refractivity contribution in [2.24, 2.45) is 5.41 Å². The number of halogens is 1. The Hall–Kier alpha value is -1.07. The van der Waals surface area contributed by atoms with Crippen LogP contribution in [-0.4, -0.2) is 29.3 Å². The maximum Gasteiger partial charge on any atom is 0.255 e. The van der Waals surface area contributed by atoms with Gasteiger partial charge in [0.15, 0.2) is 0 Å². The van der Waals surface area contributed by atoms with E-state index in [9.17, 15) is 9.90 Å². The normalized spacial score (nSPS) is 11.4. The first kappa shape index (κ1) is 16.0. The zero-order chi connectivity index (χ0) is 14.5. The van der Waals surface area contributed by atoms with E-state index in [1.807, 2.05) is 13.8 Å². The van der Waals surface area contributed by atoms with Crippen LogP contribution < -0.4 is 5.32 Å². The average molecular weight is 330 g/mol. The van der Waals surface area contributed by atoms with Gasteiger partial charge in [0.05, 0.1) is 5.56 Å². The van der Waals surface area contributed by atoms with Gasteiger partial charge in [-0.2, -0.15) is 0 Å². The standard InChI is InChI=1S/C14H20BrNO3/c1-14(2,6-3-7-17)9-16-13(19)11-8-10(15)4-5-12(11)18/h4-5,8,17-18H,3,6-7,9H2,1-2H3,(H,16,19). The molecule has 0 aromatic heterocycles. The fourth-order valence-corrected chi connectivity index (χ4v) is 2.11. The van der Waals surface area contributed by atoms with E-state index in [1.165, 1.54) is 6.07 Å². The number of nitrogens with one attached hydrogen (secondary N) is 1. The highest BCUT2D eigenvalue weighted by Gasteiger charge is 2.19. The Bertz CT molecular complexity index is 446. The third-order valence-electron chi connectivity index (χ3n) is 2.94. The van der Waals surface area contributed by atoms with Crippen LogP contribution in [0.25, 0.3) is 0 Å². The van der Waals surface area contributed by atoms with Crippen molar-refractivity contribution in [2.45, 2.75) is 26.7 Å². The monoisotopic (exact) mass is 329 g/mol. The highest BCUT2D eigenvalue weighted by Crippen LogP contribution is 2.23. The molecule has 0 aliphatic heterocycles. The first-order valence-electron chi connectivity index (χ1n) is 6.23. The lowest BCUT2D eigenvalue weighted by Crippen LogP contribution is -2.34. The summed E-state index contributed by atoms with van der Waals surface area (Å²) in [5.74, 6) is -0.329. The Kier molecular flexibility index (Phi) is 5.82. The Balaban J connectivity index is 2.62. The molecule has 0 saturated heterocycles. The number of amides is 1. The number of aliphatic hydroxyl groups is 1. The Morgan fingerprint density at radius 1 is 1.42 bits per heavy atom. The Labute approximate surface area is 122 Å². The van der Waals surface area contributed by atoms with E-state index in [1.54, 1.807) is 12.1 Å². The number of hydrogen-bond acceptors (Lipinski definition) is 3. The predicted octanol–water partition coefficient (Wildman–Crippen LogP) is 2.68. The maximum absolute atomic E-state index is 12.0. The summed E-state index contributed by atoms with van der Waals surface area (Å²) in [6.07, 6.45) is 1.54. The predicted molar refractivity (Wildman–Crippen MR) is 78.2 cm³/mol. The molecule has 1 rings (SSSR count). The number of phenolic OH excluding ortho intramolecular Hbond substituents is 1. The minimum absolute atomic E-state index is 0.0335. The number of benzene rings is 1. The minimum Gasteiger partial charge on any atom is -0.507 e. The van der Waals surface area contributed by atoms with Gasteiger partial charge < -0.3 is 15.5 Å². The van der Waals surface area contributed by atoms with Gasteiger partial charge in [-0.05, 0) is 36.5 Å². The van der Waals surface area contributed by atoms with Crippen LogP contribution in [0.15, 0.2) is 22.7 Å². The summed E-state index contributed by atoms with van der Waals surface area (Å²) in [4.78, 5) is 12.0. The van der Waals surface area contributed by atoms with Crippen LogP contribution >= 0.6 is 15.9 Å². The molecule has 19 heavy (non-hydrogen) atoms. The van der Waals surface area contributed by atoms with Gasteiger partial charge >= 0.3 is 0 Å². The summed E-state index contributed by atoms with van der Waals surface area (Å²) in [6, 6.07) is 4.75. The molecule has 3 N–H and O–H groups in total. The number of aromatic hydroxyl groups is 1. The minimum atomic E-state index is -0.295. The molecule has 1 aromatic rings. The fraction of sp³-hybridized carbons (Fsp3) is 0.500. The van der Waals surface area contributed by atoms with Crippen molar-refractivity contribution in [3.63, 3.8) is 0 Å². The summed E-state index contributed by atoms with van der Waals surface area (Å²) in [7, 11) is 0. The SMILES string of the molecule is CC(C)(CCCO)CNC(=O)c1cc(Br)ccc1O. The lowest BCUT2D eigenvalue weighted by Gasteiger charge is -2.24.